The van der Waals surface area contributed by atoms with Crippen LogP contribution in [0.15, 0.2) is 67.3 Å². The summed E-state index contributed by atoms with van der Waals surface area (Å²) in [5.74, 6) is 0.325. The summed E-state index contributed by atoms with van der Waals surface area (Å²) in [6.07, 6.45) is 5.12. The number of benzene rings is 2. The zero-order valence-corrected chi connectivity index (χ0v) is 13.4. The Morgan fingerprint density at radius 3 is 2.71 bits per heavy atom. The lowest BCUT2D eigenvalue weighted by molar-refractivity contribution is 0.0995. The topological polar surface area (TPSA) is 70.1 Å². The van der Waals surface area contributed by atoms with Crippen LogP contribution in [-0.4, -0.2) is 15.5 Å². The van der Waals surface area contributed by atoms with Crippen LogP contribution in [0.4, 0.5) is 0 Å². The maximum atomic E-state index is 11.6. The molecular formula is C19H19N3O2. The van der Waals surface area contributed by atoms with Gasteiger partial charge in [0.25, 0.3) is 0 Å². The average Bonchev–Trinajstić information content (AvgIpc) is 3.09. The highest BCUT2D eigenvalue weighted by molar-refractivity contribution is 5.94. The van der Waals surface area contributed by atoms with Gasteiger partial charge in [-0.25, -0.2) is 4.98 Å². The highest BCUT2D eigenvalue weighted by Gasteiger charge is 2.16. The summed E-state index contributed by atoms with van der Waals surface area (Å²) in [6, 6.07) is 15.1. The molecule has 0 spiro atoms. The van der Waals surface area contributed by atoms with Gasteiger partial charge in [-0.15, -0.1) is 0 Å². The summed E-state index contributed by atoms with van der Waals surface area (Å²) in [4.78, 5) is 15.7. The van der Waals surface area contributed by atoms with Crippen molar-refractivity contribution in [3.63, 3.8) is 0 Å². The number of primary amides is 1. The van der Waals surface area contributed by atoms with Crippen LogP contribution in [0.5, 0.6) is 5.75 Å². The van der Waals surface area contributed by atoms with E-state index in [1.165, 1.54) is 0 Å². The highest BCUT2D eigenvalue weighted by atomic mass is 16.5. The van der Waals surface area contributed by atoms with Crippen molar-refractivity contribution in [2.75, 3.05) is 0 Å². The normalized spacial score (nSPS) is 11.9. The van der Waals surface area contributed by atoms with Crippen LogP contribution in [-0.2, 0) is 6.54 Å². The summed E-state index contributed by atoms with van der Waals surface area (Å²) in [5.41, 5.74) is 7.77. The van der Waals surface area contributed by atoms with Crippen molar-refractivity contribution >= 4 is 5.91 Å². The maximum absolute atomic E-state index is 11.6. The van der Waals surface area contributed by atoms with E-state index in [2.05, 4.69) is 4.98 Å². The summed E-state index contributed by atoms with van der Waals surface area (Å²) < 4.78 is 8.11. The Labute approximate surface area is 140 Å². The Hall–Kier alpha value is -3.08. The van der Waals surface area contributed by atoms with E-state index in [9.17, 15) is 4.79 Å². The molecule has 0 radical (unpaired) electrons. The van der Waals surface area contributed by atoms with Gasteiger partial charge in [-0.1, -0.05) is 36.4 Å². The Morgan fingerprint density at radius 1 is 1.21 bits per heavy atom. The quantitative estimate of drug-likeness (QED) is 0.758. The van der Waals surface area contributed by atoms with E-state index in [1.807, 2.05) is 54.1 Å². The summed E-state index contributed by atoms with van der Waals surface area (Å²) in [6.45, 7) is 2.58. The molecule has 2 aromatic carbocycles. The molecule has 1 heterocycles. The van der Waals surface area contributed by atoms with Gasteiger partial charge in [0.1, 0.15) is 11.9 Å². The molecule has 3 aromatic rings. The van der Waals surface area contributed by atoms with Crippen LogP contribution >= 0.6 is 0 Å². The van der Waals surface area contributed by atoms with E-state index in [0.717, 1.165) is 16.9 Å². The van der Waals surface area contributed by atoms with E-state index < -0.39 is 5.91 Å². The number of imidazole rings is 1. The molecule has 1 atom stereocenters. The van der Waals surface area contributed by atoms with Crippen molar-refractivity contribution in [3.8, 4) is 5.75 Å². The first-order valence-corrected chi connectivity index (χ1v) is 7.74. The SMILES string of the molecule is CC(Oc1ccccc1Cn1ccnc1)c1ccccc1C(N)=O. The minimum absolute atomic E-state index is 0.294. The second-order valence-electron chi connectivity index (χ2n) is 5.55. The fourth-order valence-electron chi connectivity index (χ4n) is 2.66. The first-order chi connectivity index (χ1) is 11.6. The molecule has 0 aliphatic heterocycles. The maximum Gasteiger partial charge on any atom is 0.249 e. The average molecular weight is 321 g/mol. The number of aromatic nitrogens is 2. The Balaban J connectivity index is 1.85. The molecule has 0 saturated heterocycles. The van der Waals surface area contributed by atoms with Crippen molar-refractivity contribution in [2.24, 2.45) is 5.73 Å². The number of hydrogen-bond acceptors (Lipinski definition) is 3. The molecule has 0 saturated carbocycles. The number of ether oxygens (including phenoxy) is 1. The van der Waals surface area contributed by atoms with Crippen LogP contribution in [0.3, 0.4) is 0 Å². The van der Waals surface area contributed by atoms with Crippen molar-refractivity contribution in [2.45, 2.75) is 19.6 Å². The Kier molecular flexibility index (Phi) is 4.61. The molecule has 5 nitrogen and oxygen atoms in total. The van der Waals surface area contributed by atoms with Gasteiger partial charge in [-0.05, 0) is 19.1 Å². The second kappa shape index (κ2) is 7.00. The van der Waals surface area contributed by atoms with Gasteiger partial charge in [-0.3, -0.25) is 4.79 Å². The molecule has 1 amide bonds. The minimum Gasteiger partial charge on any atom is -0.486 e. The zero-order chi connectivity index (χ0) is 16.9. The minimum atomic E-state index is -0.451. The fourth-order valence-corrected chi connectivity index (χ4v) is 2.66. The standard InChI is InChI=1S/C19H19N3O2/c1-14(16-7-3-4-8-17(16)19(20)23)24-18-9-5-2-6-15(18)12-22-11-10-21-13-22/h2-11,13-14H,12H2,1H3,(H2,20,23). The lowest BCUT2D eigenvalue weighted by atomic mass is 10.0. The predicted molar refractivity (Wildman–Crippen MR) is 91.8 cm³/mol. The highest BCUT2D eigenvalue weighted by Crippen LogP contribution is 2.27. The second-order valence-corrected chi connectivity index (χ2v) is 5.55. The van der Waals surface area contributed by atoms with Gasteiger partial charge in [-0.2, -0.15) is 0 Å². The zero-order valence-electron chi connectivity index (χ0n) is 13.4. The van der Waals surface area contributed by atoms with E-state index in [0.29, 0.717) is 12.1 Å². The molecule has 0 fully saturated rings. The molecule has 1 unspecified atom stereocenters. The lowest BCUT2D eigenvalue weighted by Crippen LogP contribution is -2.17. The summed E-state index contributed by atoms with van der Waals surface area (Å²) >= 11 is 0. The molecule has 2 N–H and O–H groups in total. The third-order valence-corrected chi connectivity index (χ3v) is 3.85. The van der Waals surface area contributed by atoms with Crippen molar-refractivity contribution in [1.29, 1.82) is 0 Å². The molecule has 0 aliphatic carbocycles. The molecule has 24 heavy (non-hydrogen) atoms. The molecule has 3 rings (SSSR count). The number of nitrogens with two attached hydrogens (primary N) is 1. The van der Waals surface area contributed by atoms with E-state index in [-0.39, 0.29) is 6.10 Å². The molecular weight excluding hydrogens is 302 g/mol. The number of carbonyl (C=O) groups excluding carboxylic acids is 1. The molecule has 5 heteroatoms. The van der Waals surface area contributed by atoms with Gasteiger partial charge < -0.3 is 15.0 Å². The summed E-state index contributed by atoms with van der Waals surface area (Å²) in [7, 11) is 0. The van der Waals surface area contributed by atoms with Crippen LogP contribution in [0.25, 0.3) is 0 Å². The third kappa shape index (κ3) is 3.46. The number of carbonyl (C=O) groups is 1. The summed E-state index contributed by atoms with van der Waals surface area (Å²) in [5, 5.41) is 0. The number of amides is 1. The smallest absolute Gasteiger partial charge is 0.249 e. The predicted octanol–water partition coefficient (Wildman–Crippen LogP) is 3.17. The van der Waals surface area contributed by atoms with E-state index in [1.54, 1.807) is 24.7 Å². The molecule has 1 aromatic heterocycles. The Morgan fingerprint density at radius 2 is 1.96 bits per heavy atom. The lowest BCUT2D eigenvalue weighted by Gasteiger charge is -2.19. The van der Waals surface area contributed by atoms with Gasteiger partial charge >= 0.3 is 0 Å². The number of hydrogen-bond donors (Lipinski definition) is 1. The van der Waals surface area contributed by atoms with Crippen molar-refractivity contribution < 1.29 is 9.53 Å². The first kappa shape index (κ1) is 15.8. The van der Waals surface area contributed by atoms with Crippen molar-refractivity contribution in [3.05, 3.63) is 83.9 Å². The first-order valence-electron chi connectivity index (χ1n) is 7.74. The Bertz CT molecular complexity index is 828. The number of para-hydroxylation sites is 1. The molecule has 0 aliphatic rings. The van der Waals surface area contributed by atoms with E-state index >= 15 is 0 Å². The van der Waals surface area contributed by atoms with Gasteiger partial charge in [0, 0.05) is 29.1 Å². The van der Waals surface area contributed by atoms with Crippen molar-refractivity contribution in [1.82, 2.24) is 9.55 Å². The third-order valence-electron chi connectivity index (χ3n) is 3.85. The van der Waals surface area contributed by atoms with Crippen LogP contribution < -0.4 is 10.5 Å². The molecule has 122 valence electrons. The van der Waals surface area contributed by atoms with E-state index in [4.69, 9.17) is 10.5 Å². The fraction of sp³-hybridized carbons (Fsp3) is 0.158. The number of rotatable bonds is 6. The van der Waals surface area contributed by atoms with Crippen LogP contribution in [0.2, 0.25) is 0 Å². The number of nitrogens with zero attached hydrogens (tertiary/aromatic N) is 2. The van der Waals surface area contributed by atoms with Crippen LogP contribution in [0, 0.1) is 0 Å². The van der Waals surface area contributed by atoms with Gasteiger partial charge in [0.2, 0.25) is 5.91 Å². The van der Waals surface area contributed by atoms with Gasteiger partial charge in [0.15, 0.2) is 0 Å². The monoisotopic (exact) mass is 321 g/mol. The largest absolute Gasteiger partial charge is 0.486 e. The van der Waals surface area contributed by atoms with Crippen LogP contribution in [0.1, 0.15) is 34.5 Å². The molecule has 0 bridgehead atoms. The van der Waals surface area contributed by atoms with Gasteiger partial charge in [0.05, 0.1) is 12.9 Å².